The second-order valence-electron chi connectivity index (χ2n) is 6.50. The van der Waals surface area contributed by atoms with Gasteiger partial charge in [0.15, 0.2) is 0 Å². The summed E-state index contributed by atoms with van der Waals surface area (Å²) in [5.74, 6) is -0.524. The van der Waals surface area contributed by atoms with Crippen LogP contribution >= 0.6 is 0 Å². The Morgan fingerprint density at radius 3 is 2.22 bits per heavy atom. The highest BCUT2D eigenvalue weighted by Crippen LogP contribution is 2.27. The van der Waals surface area contributed by atoms with Crippen LogP contribution in [-0.2, 0) is 30.4 Å². The predicted molar refractivity (Wildman–Crippen MR) is 103 cm³/mol. The lowest BCUT2D eigenvalue weighted by atomic mass is 9.79. The topological polar surface area (TPSA) is 82.0 Å². The molecule has 0 N–H and O–H groups in total. The van der Waals surface area contributed by atoms with Crippen molar-refractivity contribution in [3.8, 4) is 0 Å². The molecular weight excluding hydrogens is 366 g/mol. The van der Waals surface area contributed by atoms with Crippen LogP contribution < -0.4 is 0 Å². The van der Waals surface area contributed by atoms with Crippen LogP contribution in [-0.4, -0.2) is 27.2 Å². The van der Waals surface area contributed by atoms with Crippen LogP contribution in [0.15, 0.2) is 64.6 Å². The first-order valence-electron chi connectivity index (χ1n) is 8.37. The van der Waals surface area contributed by atoms with Crippen molar-refractivity contribution in [1.82, 2.24) is 0 Å². The lowest BCUT2D eigenvalue weighted by molar-refractivity contribution is -0.147. The minimum Gasteiger partial charge on any atom is -0.468 e. The first-order valence-corrected chi connectivity index (χ1v) is 9.77. The Hall–Kier alpha value is -2.67. The molecule has 0 aliphatic carbocycles. The summed E-state index contributed by atoms with van der Waals surface area (Å²) in [6.07, 6.45) is 0.295. The zero-order valence-corrected chi connectivity index (χ0v) is 16.6. The predicted octanol–water partition coefficient (Wildman–Crippen LogP) is 3.50. The number of nitrogens with zero attached hydrogens (tertiary/aromatic N) is 1. The Labute approximate surface area is 159 Å². The van der Waals surface area contributed by atoms with E-state index in [2.05, 4.69) is 5.16 Å². The van der Waals surface area contributed by atoms with Crippen molar-refractivity contribution in [2.45, 2.75) is 32.1 Å². The maximum absolute atomic E-state index is 12.4. The number of hydrogen-bond acceptors (Lipinski definition) is 6. The monoisotopic (exact) mass is 389 g/mol. The third-order valence-corrected chi connectivity index (χ3v) is 5.54. The van der Waals surface area contributed by atoms with E-state index in [4.69, 9.17) is 9.02 Å². The van der Waals surface area contributed by atoms with Gasteiger partial charge in [-0.3, -0.25) is 9.08 Å². The number of ether oxygens (including phenoxy) is 1. The van der Waals surface area contributed by atoms with Gasteiger partial charge < -0.3 is 4.74 Å². The number of esters is 1. The highest BCUT2D eigenvalue weighted by Gasteiger charge is 2.39. The second kappa shape index (κ2) is 8.35. The second-order valence-corrected chi connectivity index (χ2v) is 8.03. The number of hydrogen-bond donors (Lipinski definition) is 0. The summed E-state index contributed by atoms with van der Waals surface area (Å²) < 4.78 is 34.4. The van der Waals surface area contributed by atoms with Crippen molar-refractivity contribution >= 4 is 21.8 Å². The maximum atomic E-state index is 12.4. The first kappa shape index (κ1) is 20.6. The number of oxime groups is 1. The fraction of sp³-hybridized carbons (Fsp3) is 0.300. The van der Waals surface area contributed by atoms with E-state index in [1.807, 2.05) is 37.3 Å². The molecule has 0 bridgehead atoms. The zero-order chi connectivity index (χ0) is 20.1. The van der Waals surface area contributed by atoms with Crippen LogP contribution in [0.25, 0.3) is 0 Å². The Kier molecular flexibility index (Phi) is 6.38. The third-order valence-electron chi connectivity index (χ3n) is 4.42. The van der Waals surface area contributed by atoms with Crippen molar-refractivity contribution in [3.05, 3.63) is 65.7 Å². The fourth-order valence-electron chi connectivity index (χ4n) is 2.53. The number of carbonyl (C=O) groups excluding carboxylic acids is 1. The van der Waals surface area contributed by atoms with Crippen molar-refractivity contribution in [3.63, 3.8) is 0 Å². The molecule has 0 aromatic heterocycles. The van der Waals surface area contributed by atoms with Gasteiger partial charge in [-0.05, 0) is 44.9 Å². The molecular formula is C20H23NO5S. The Morgan fingerprint density at radius 1 is 1.07 bits per heavy atom. The van der Waals surface area contributed by atoms with Gasteiger partial charge in [-0.25, -0.2) is 0 Å². The molecule has 0 aliphatic rings. The lowest BCUT2D eigenvalue weighted by Crippen LogP contribution is -2.38. The largest absolute Gasteiger partial charge is 0.468 e. The van der Waals surface area contributed by atoms with Gasteiger partial charge in [-0.15, -0.1) is 0 Å². The molecule has 1 atom stereocenters. The normalized spacial score (nSPS) is 14.3. The maximum Gasteiger partial charge on any atom is 0.358 e. The summed E-state index contributed by atoms with van der Waals surface area (Å²) >= 11 is 0. The summed E-state index contributed by atoms with van der Waals surface area (Å²) in [5.41, 5.74) is 0.851. The first-order chi connectivity index (χ1) is 12.7. The molecule has 0 aliphatic heterocycles. The number of rotatable bonds is 7. The molecule has 0 saturated carbocycles. The smallest absolute Gasteiger partial charge is 0.358 e. The molecule has 144 valence electrons. The van der Waals surface area contributed by atoms with Crippen LogP contribution in [0.4, 0.5) is 0 Å². The average molecular weight is 389 g/mol. The van der Waals surface area contributed by atoms with E-state index in [0.717, 1.165) is 11.1 Å². The van der Waals surface area contributed by atoms with Gasteiger partial charge in [0, 0.05) is 0 Å². The summed E-state index contributed by atoms with van der Waals surface area (Å²) in [5, 5.41) is 3.76. The molecule has 0 heterocycles. The van der Waals surface area contributed by atoms with Crippen molar-refractivity contribution < 1.29 is 22.2 Å². The molecule has 2 aromatic carbocycles. The SMILES string of the molecule is COC(=O)[C@@](C)(Cc1ccccc1)/C(C)=N/OS(=O)(=O)c1ccc(C)cc1. The number of methoxy groups -OCH3 is 1. The molecule has 7 heteroatoms. The standard InChI is InChI=1S/C20H23NO5S/c1-15-10-12-18(13-11-15)27(23,24)26-21-16(2)20(3,19(22)25-4)14-17-8-6-5-7-9-17/h5-13H,14H2,1-4H3/b21-16+/t20-/m0/s1. The van der Waals surface area contributed by atoms with E-state index in [9.17, 15) is 13.2 Å². The van der Waals surface area contributed by atoms with Gasteiger partial charge in [0.05, 0.1) is 12.8 Å². The Morgan fingerprint density at radius 2 is 1.67 bits per heavy atom. The van der Waals surface area contributed by atoms with Gasteiger partial charge in [-0.1, -0.05) is 53.2 Å². The van der Waals surface area contributed by atoms with E-state index >= 15 is 0 Å². The number of aryl methyl sites for hydroxylation is 1. The molecule has 0 unspecified atom stereocenters. The van der Waals surface area contributed by atoms with E-state index in [-0.39, 0.29) is 10.6 Å². The summed E-state index contributed by atoms with van der Waals surface area (Å²) in [4.78, 5) is 12.4. The Balaban J connectivity index is 2.30. The van der Waals surface area contributed by atoms with Gasteiger partial charge >= 0.3 is 16.1 Å². The summed E-state index contributed by atoms with van der Waals surface area (Å²) in [6.45, 7) is 5.04. The number of benzene rings is 2. The fourth-order valence-corrected chi connectivity index (χ4v) is 3.30. The van der Waals surface area contributed by atoms with Crippen molar-refractivity contribution in [2.24, 2.45) is 10.6 Å². The molecule has 0 saturated heterocycles. The molecule has 2 aromatic rings. The minimum atomic E-state index is -4.08. The molecule has 0 spiro atoms. The van der Waals surface area contributed by atoms with Crippen LogP contribution in [0, 0.1) is 12.3 Å². The highest BCUT2D eigenvalue weighted by atomic mass is 32.2. The summed E-state index contributed by atoms with van der Waals surface area (Å²) in [6, 6.07) is 15.6. The minimum absolute atomic E-state index is 0.00696. The highest BCUT2D eigenvalue weighted by molar-refractivity contribution is 7.86. The van der Waals surface area contributed by atoms with E-state index < -0.39 is 21.5 Å². The average Bonchev–Trinajstić information content (AvgIpc) is 2.66. The van der Waals surface area contributed by atoms with E-state index in [1.165, 1.54) is 19.2 Å². The zero-order valence-electron chi connectivity index (χ0n) is 15.8. The molecule has 6 nitrogen and oxygen atoms in total. The van der Waals surface area contributed by atoms with Crippen molar-refractivity contribution in [1.29, 1.82) is 0 Å². The van der Waals surface area contributed by atoms with Gasteiger partial charge in [0.1, 0.15) is 10.3 Å². The molecule has 27 heavy (non-hydrogen) atoms. The van der Waals surface area contributed by atoms with Gasteiger partial charge in [0.2, 0.25) is 0 Å². The summed E-state index contributed by atoms with van der Waals surface area (Å²) in [7, 11) is -2.80. The molecule has 0 radical (unpaired) electrons. The van der Waals surface area contributed by atoms with Crippen LogP contribution in [0.2, 0.25) is 0 Å². The quantitative estimate of drug-likeness (QED) is 0.411. The van der Waals surface area contributed by atoms with Crippen LogP contribution in [0.1, 0.15) is 25.0 Å². The van der Waals surface area contributed by atoms with Crippen LogP contribution in [0.5, 0.6) is 0 Å². The molecule has 0 amide bonds. The van der Waals surface area contributed by atoms with E-state index in [0.29, 0.717) is 6.42 Å². The van der Waals surface area contributed by atoms with Gasteiger partial charge in [0.25, 0.3) is 0 Å². The van der Waals surface area contributed by atoms with Gasteiger partial charge in [-0.2, -0.15) is 8.42 Å². The lowest BCUT2D eigenvalue weighted by Gasteiger charge is -2.26. The third kappa shape index (κ3) is 4.95. The van der Waals surface area contributed by atoms with Crippen molar-refractivity contribution in [2.75, 3.05) is 7.11 Å². The molecule has 2 rings (SSSR count). The molecule has 0 fully saturated rings. The number of carbonyl (C=O) groups is 1. The van der Waals surface area contributed by atoms with E-state index in [1.54, 1.807) is 26.0 Å². The van der Waals surface area contributed by atoms with Crippen LogP contribution in [0.3, 0.4) is 0 Å². The Bertz CT molecular complexity index is 921.